The summed E-state index contributed by atoms with van der Waals surface area (Å²) < 4.78 is 14.9. The Morgan fingerprint density at radius 2 is 1.55 bits per heavy atom. The van der Waals surface area contributed by atoms with Gasteiger partial charge in [-0.05, 0) is 12.0 Å². The summed E-state index contributed by atoms with van der Waals surface area (Å²) in [5, 5.41) is 0. The Labute approximate surface area is 131 Å². The third kappa shape index (κ3) is 9.13. The first-order chi connectivity index (χ1) is 10.7. The minimum absolute atomic E-state index is 0.222. The number of carbonyl (C=O) groups excluding carboxylic acids is 2. The molecule has 122 valence electrons. The van der Waals surface area contributed by atoms with E-state index in [0.29, 0.717) is 19.6 Å². The van der Waals surface area contributed by atoms with Crippen molar-refractivity contribution in [2.24, 2.45) is 0 Å². The van der Waals surface area contributed by atoms with Gasteiger partial charge in [0.25, 0.3) is 0 Å². The quantitative estimate of drug-likeness (QED) is 0.464. The van der Waals surface area contributed by atoms with Crippen LogP contribution in [-0.2, 0) is 30.2 Å². The van der Waals surface area contributed by atoms with E-state index in [1.165, 1.54) is 0 Å². The molecule has 0 amide bonds. The summed E-state index contributed by atoms with van der Waals surface area (Å²) >= 11 is 0. The topological polar surface area (TPSA) is 61.8 Å². The molecule has 5 nitrogen and oxygen atoms in total. The second kappa shape index (κ2) is 11.7. The van der Waals surface area contributed by atoms with Crippen molar-refractivity contribution in [1.29, 1.82) is 0 Å². The molecule has 0 heterocycles. The number of benzene rings is 1. The number of unbranched alkanes of at least 4 members (excludes halogenated alkanes) is 2. The lowest BCUT2D eigenvalue weighted by Gasteiger charge is -2.06. The second-order valence-electron chi connectivity index (χ2n) is 4.88. The Bertz CT molecular complexity index is 430. The van der Waals surface area contributed by atoms with Gasteiger partial charge in [0, 0.05) is 6.42 Å². The van der Waals surface area contributed by atoms with Crippen LogP contribution in [-0.4, -0.2) is 38.4 Å². The lowest BCUT2D eigenvalue weighted by Crippen LogP contribution is -2.19. The molecule has 0 atom stereocenters. The molecular formula is C17H24O5. The summed E-state index contributed by atoms with van der Waals surface area (Å²) in [4.78, 5) is 22.7. The summed E-state index contributed by atoms with van der Waals surface area (Å²) in [7, 11) is 0. The van der Waals surface area contributed by atoms with Gasteiger partial charge < -0.3 is 14.2 Å². The number of hydrogen-bond donors (Lipinski definition) is 0. The Morgan fingerprint density at radius 1 is 0.909 bits per heavy atom. The summed E-state index contributed by atoms with van der Waals surface area (Å²) in [5.74, 6) is -0.928. The molecule has 5 heteroatoms. The molecule has 1 rings (SSSR count). The van der Waals surface area contributed by atoms with Crippen molar-refractivity contribution >= 4 is 11.9 Å². The first kappa shape index (κ1) is 18.2. The molecule has 0 aliphatic rings. The molecule has 0 spiro atoms. The molecule has 0 saturated heterocycles. The first-order valence-electron chi connectivity index (χ1n) is 7.65. The van der Waals surface area contributed by atoms with E-state index >= 15 is 0 Å². The maximum absolute atomic E-state index is 11.4. The van der Waals surface area contributed by atoms with Crippen molar-refractivity contribution in [2.45, 2.75) is 32.6 Å². The van der Waals surface area contributed by atoms with Gasteiger partial charge in [-0.3, -0.25) is 0 Å². The zero-order chi connectivity index (χ0) is 16.0. The zero-order valence-electron chi connectivity index (χ0n) is 13.1. The van der Waals surface area contributed by atoms with Crippen molar-refractivity contribution in [3.8, 4) is 0 Å². The molecule has 0 saturated carbocycles. The van der Waals surface area contributed by atoms with Crippen LogP contribution in [0.4, 0.5) is 0 Å². The van der Waals surface area contributed by atoms with Gasteiger partial charge in [-0.15, -0.1) is 0 Å². The molecule has 0 fully saturated rings. The minimum atomic E-state index is -0.477. The smallest absolute Gasteiger partial charge is 0.332 e. The van der Waals surface area contributed by atoms with Gasteiger partial charge in [-0.1, -0.05) is 50.1 Å². The van der Waals surface area contributed by atoms with Crippen molar-refractivity contribution in [2.75, 3.05) is 26.4 Å². The molecule has 0 aromatic heterocycles. The lowest BCUT2D eigenvalue weighted by molar-refractivity contribution is -0.155. The fourth-order valence-corrected chi connectivity index (χ4v) is 1.77. The highest BCUT2D eigenvalue weighted by molar-refractivity contribution is 5.73. The van der Waals surface area contributed by atoms with Gasteiger partial charge >= 0.3 is 11.9 Å². The standard InChI is InChI=1S/C17H24O5/c1-2-3-7-11-21-16(18)13-20-14-17(19)22-12-10-15-8-5-4-6-9-15/h4-6,8-9H,2-3,7,10-14H2,1H3. The van der Waals surface area contributed by atoms with Crippen LogP contribution in [0.1, 0.15) is 31.7 Å². The summed E-state index contributed by atoms with van der Waals surface area (Å²) in [6, 6.07) is 9.75. The predicted molar refractivity (Wildman–Crippen MR) is 82.4 cm³/mol. The third-order valence-electron chi connectivity index (χ3n) is 2.95. The number of ether oxygens (including phenoxy) is 3. The zero-order valence-corrected chi connectivity index (χ0v) is 13.1. The van der Waals surface area contributed by atoms with Crippen LogP contribution < -0.4 is 0 Å². The van der Waals surface area contributed by atoms with Gasteiger partial charge in [-0.2, -0.15) is 0 Å². The van der Waals surface area contributed by atoms with Crippen LogP contribution in [0.25, 0.3) is 0 Å². The summed E-state index contributed by atoms with van der Waals surface area (Å²) in [6.07, 6.45) is 3.61. The van der Waals surface area contributed by atoms with Crippen molar-refractivity contribution < 1.29 is 23.8 Å². The molecule has 0 N–H and O–H groups in total. The third-order valence-corrected chi connectivity index (χ3v) is 2.95. The largest absolute Gasteiger partial charge is 0.464 e. The monoisotopic (exact) mass is 308 g/mol. The summed E-state index contributed by atoms with van der Waals surface area (Å²) in [6.45, 7) is 2.32. The Morgan fingerprint density at radius 3 is 2.18 bits per heavy atom. The van der Waals surface area contributed by atoms with Crippen LogP contribution in [0, 0.1) is 0 Å². The summed E-state index contributed by atoms with van der Waals surface area (Å²) in [5.41, 5.74) is 1.10. The molecule has 22 heavy (non-hydrogen) atoms. The highest BCUT2D eigenvalue weighted by Crippen LogP contribution is 2.00. The number of hydrogen-bond acceptors (Lipinski definition) is 5. The molecular weight excluding hydrogens is 284 g/mol. The van der Waals surface area contributed by atoms with E-state index in [4.69, 9.17) is 14.2 Å². The second-order valence-corrected chi connectivity index (χ2v) is 4.88. The molecule has 0 radical (unpaired) electrons. The van der Waals surface area contributed by atoms with Gasteiger partial charge in [-0.25, -0.2) is 9.59 Å². The molecule has 1 aromatic rings. The van der Waals surface area contributed by atoms with Crippen LogP contribution in [0.15, 0.2) is 30.3 Å². The van der Waals surface area contributed by atoms with E-state index in [9.17, 15) is 9.59 Å². The van der Waals surface area contributed by atoms with Crippen LogP contribution >= 0.6 is 0 Å². The fraction of sp³-hybridized carbons (Fsp3) is 0.529. The number of esters is 2. The highest BCUT2D eigenvalue weighted by atomic mass is 16.6. The van der Waals surface area contributed by atoms with E-state index in [2.05, 4.69) is 6.92 Å². The molecule has 0 unspecified atom stereocenters. The highest BCUT2D eigenvalue weighted by Gasteiger charge is 2.07. The number of carbonyl (C=O) groups is 2. The van der Waals surface area contributed by atoms with E-state index in [1.54, 1.807) is 0 Å². The van der Waals surface area contributed by atoms with Gasteiger partial charge in [0.15, 0.2) is 0 Å². The predicted octanol–water partition coefficient (Wildman–Crippen LogP) is 2.52. The van der Waals surface area contributed by atoms with Crippen LogP contribution in [0.3, 0.4) is 0 Å². The minimum Gasteiger partial charge on any atom is -0.464 e. The molecule has 0 aliphatic heterocycles. The first-order valence-corrected chi connectivity index (χ1v) is 7.65. The fourth-order valence-electron chi connectivity index (χ4n) is 1.77. The Hall–Kier alpha value is -1.88. The van der Waals surface area contributed by atoms with Crippen molar-refractivity contribution in [1.82, 2.24) is 0 Å². The number of rotatable bonds is 11. The van der Waals surface area contributed by atoms with Crippen LogP contribution in [0.2, 0.25) is 0 Å². The molecule has 1 aromatic carbocycles. The Kier molecular flexibility index (Phi) is 9.70. The van der Waals surface area contributed by atoms with E-state index < -0.39 is 11.9 Å². The molecule has 0 bridgehead atoms. The lowest BCUT2D eigenvalue weighted by atomic mass is 10.2. The van der Waals surface area contributed by atoms with Gasteiger partial charge in [0.2, 0.25) is 0 Å². The molecule has 0 aliphatic carbocycles. The maximum Gasteiger partial charge on any atom is 0.332 e. The van der Waals surface area contributed by atoms with Crippen molar-refractivity contribution in [3.05, 3.63) is 35.9 Å². The van der Waals surface area contributed by atoms with Gasteiger partial charge in [0.1, 0.15) is 13.2 Å². The average Bonchev–Trinajstić information content (AvgIpc) is 2.53. The normalized spacial score (nSPS) is 10.2. The van der Waals surface area contributed by atoms with E-state index in [1.807, 2.05) is 30.3 Å². The van der Waals surface area contributed by atoms with E-state index in [-0.39, 0.29) is 13.2 Å². The van der Waals surface area contributed by atoms with Gasteiger partial charge in [0.05, 0.1) is 13.2 Å². The average molecular weight is 308 g/mol. The maximum atomic E-state index is 11.4. The Balaban J connectivity index is 2.00. The van der Waals surface area contributed by atoms with Crippen LogP contribution in [0.5, 0.6) is 0 Å². The van der Waals surface area contributed by atoms with Crippen molar-refractivity contribution in [3.63, 3.8) is 0 Å². The SMILES string of the molecule is CCCCCOC(=O)COCC(=O)OCCc1ccccc1. The van der Waals surface area contributed by atoms with E-state index in [0.717, 1.165) is 24.8 Å².